The third kappa shape index (κ3) is 57.0. The normalized spacial score (nSPS) is 14.2. The molecule has 0 spiro atoms. The van der Waals surface area contributed by atoms with Crippen LogP contribution >= 0.6 is 7.82 Å². The van der Waals surface area contributed by atoms with Gasteiger partial charge in [0, 0.05) is 19.4 Å². The molecule has 0 aliphatic rings. The van der Waals surface area contributed by atoms with Gasteiger partial charge in [0.2, 0.25) is 0 Å². The number of phosphoric acid groups is 1. The van der Waals surface area contributed by atoms with E-state index in [0.29, 0.717) is 12.8 Å². The Hall–Kier alpha value is -4.11. The van der Waals surface area contributed by atoms with Gasteiger partial charge in [-0.05, 0) is 116 Å². The second kappa shape index (κ2) is 57.2. The van der Waals surface area contributed by atoms with E-state index in [0.717, 1.165) is 135 Å². The summed E-state index contributed by atoms with van der Waals surface area (Å²) in [5.74, 6) is -0.869. The van der Waals surface area contributed by atoms with E-state index in [9.17, 15) is 19.0 Å². The van der Waals surface area contributed by atoms with Gasteiger partial charge in [0.25, 0.3) is 0 Å². The number of ether oxygens (including phenoxy) is 2. The fourth-order valence-corrected chi connectivity index (χ4v) is 7.88. The van der Waals surface area contributed by atoms with Gasteiger partial charge in [-0.25, -0.2) is 4.57 Å². The number of esters is 2. The van der Waals surface area contributed by atoms with Gasteiger partial charge in [-0.2, -0.15) is 0 Å². The molecule has 10 heteroatoms. The Balaban J connectivity index is 4.11. The van der Waals surface area contributed by atoms with Crippen LogP contribution < -0.4 is 5.73 Å². The summed E-state index contributed by atoms with van der Waals surface area (Å²) < 4.78 is 33.0. The molecule has 412 valence electrons. The van der Waals surface area contributed by atoms with Crippen LogP contribution in [0.15, 0.2) is 146 Å². The fourth-order valence-electron chi connectivity index (χ4n) is 7.11. The maximum atomic E-state index is 12.7. The lowest BCUT2D eigenvalue weighted by atomic mass is 10.1. The van der Waals surface area contributed by atoms with Crippen molar-refractivity contribution in [3.63, 3.8) is 0 Å². The van der Waals surface area contributed by atoms with Crippen molar-refractivity contribution >= 4 is 19.8 Å². The summed E-state index contributed by atoms with van der Waals surface area (Å²) in [6.07, 6.45) is 81.7. The number of rotatable bonds is 51. The molecule has 0 heterocycles. The van der Waals surface area contributed by atoms with E-state index in [-0.39, 0.29) is 32.6 Å². The first kappa shape index (κ1) is 68.9. The van der Waals surface area contributed by atoms with Crippen LogP contribution in [0.3, 0.4) is 0 Å². The van der Waals surface area contributed by atoms with E-state index in [2.05, 4.69) is 160 Å². The third-order valence-corrected chi connectivity index (χ3v) is 12.2. The van der Waals surface area contributed by atoms with Crippen LogP contribution in [-0.2, 0) is 32.7 Å². The van der Waals surface area contributed by atoms with Crippen LogP contribution in [0.5, 0.6) is 0 Å². The quantitative estimate of drug-likeness (QED) is 0.0264. The zero-order chi connectivity index (χ0) is 53.1. The van der Waals surface area contributed by atoms with Crippen LogP contribution in [0.2, 0.25) is 0 Å². The lowest BCUT2D eigenvalue weighted by Crippen LogP contribution is -2.29. The second-order valence-electron chi connectivity index (χ2n) is 18.0. The molecule has 3 N–H and O–H groups in total. The number of phosphoric ester groups is 1. The lowest BCUT2D eigenvalue weighted by molar-refractivity contribution is -0.161. The molecule has 0 saturated heterocycles. The molecule has 0 rings (SSSR count). The smallest absolute Gasteiger partial charge is 0.462 e. The zero-order valence-electron chi connectivity index (χ0n) is 45.8. The molecule has 0 aliphatic carbocycles. The number of hydrogen-bond donors (Lipinski definition) is 2. The van der Waals surface area contributed by atoms with Crippen molar-refractivity contribution in [1.82, 2.24) is 0 Å². The second-order valence-corrected chi connectivity index (χ2v) is 19.5. The molecular formula is C63H102NO8P. The molecule has 9 nitrogen and oxygen atoms in total. The Morgan fingerprint density at radius 3 is 1.05 bits per heavy atom. The number of hydrogen-bond acceptors (Lipinski definition) is 8. The summed E-state index contributed by atoms with van der Waals surface area (Å²) in [6.45, 7) is 3.46. The van der Waals surface area contributed by atoms with Gasteiger partial charge in [-0.1, -0.05) is 224 Å². The Kier molecular flexibility index (Phi) is 54.0. The first-order valence-corrected chi connectivity index (χ1v) is 29.8. The molecule has 0 aromatic heterocycles. The van der Waals surface area contributed by atoms with Crippen molar-refractivity contribution < 1.29 is 37.6 Å². The summed E-state index contributed by atoms with van der Waals surface area (Å²) in [7, 11) is -4.41. The van der Waals surface area contributed by atoms with E-state index in [1.54, 1.807) is 0 Å². The molecule has 0 amide bonds. The van der Waals surface area contributed by atoms with E-state index in [4.69, 9.17) is 24.3 Å². The molecule has 2 atom stereocenters. The standard InChI is InChI=1S/C63H102NO8P/c1-3-5-7-9-11-13-15-17-19-21-23-25-27-29-30-32-34-36-38-40-42-44-46-48-50-52-54-56-63(66)72-61(60-71-73(67,68)70-58-57-64)59-69-62(65)55-53-51-49-47-45-43-41-39-37-35-33-31-28-26-24-22-20-18-16-14-12-10-8-6-4-2/h5-8,11-14,17-20,23-26,29-31,33-34,36,40,42,61H,3-4,9-10,15-16,21-22,27-28,32,35,37-39,41,43-60,64H2,1-2H3,(H,67,68)/b7-5-,8-6-,13-11-,14-12-,19-17-,20-18-,25-23-,26-24-,30-29-,33-31-,36-34-,42-40-. The van der Waals surface area contributed by atoms with Gasteiger partial charge in [0.1, 0.15) is 6.61 Å². The van der Waals surface area contributed by atoms with Crippen molar-refractivity contribution in [2.24, 2.45) is 5.73 Å². The van der Waals surface area contributed by atoms with Crippen LogP contribution in [0.1, 0.15) is 206 Å². The Morgan fingerprint density at radius 2 is 0.712 bits per heavy atom. The van der Waals surface area contributed by atoms with Gasteiger partial charge >= 0.3 is 19.8 Å². The first-order chi connectivity index (χ1) is 35.8. The van der Waals surface area contributed by atoms with E-state index in [1.165, 1.54) is 32.1 Å². The van der Waals surface area contributed by atoms with Crippen molar-refractivity contribution in [3.8, 4) is 0 Å². The number of carbonyl (C=O) groups is 2. The third-order valence-electron chi connectivity index (χ3n) is 11.2. The first-order valence-electron chi connectivity index (χ1n) is 28.3. The summed E-state index contributed by atoms with van der Waals surface area (Å²) in [5.41, 5.74) is 5.38. The largest absolute Gasteiger partial charge is 0.472 e. The highest BCUT2D eigenvalue weighted by atomic mass is 31.2. The fraction of sp³-hybridized carbons (Fsp3) is 0.587. The summed E-state index contributed by atoms with van der Waals surface area (Å²) in [4.78, 5) is 35.2. The number of carbonyl (C=O) groups excluding carboxylic acids is 2. The molecule has 0 radical (unpaired) electrons. The van der Waals surface area contributed by atoms with E-state index < -0.39 is 32.5 Å². The summed E-state index contributed by atoms with van der Waals surface area (Å²) in [6, 6.07) is 0. The van der Waals surface area contributed by atoms with Crippen molar-refractivity contribution in [1.29, 1.82) is 0 Å². The highest BCUT2D eigenvalue weighted by Crippen LogP contribution is 2.43. The van der Waals surface area contributed by atoms with Crippen LogP contribution in [0.25, 0.3) is 0 Å². The predicted octanol–water partition coefficient (Wildman–Crippen LogP) is 18.0. The molecule has 0 aliphatic heterocycles. The van der Waals surface area contributed by atoms with E-state index in [1.807, 2.05) is 0 Å². The minimum absolute atomic E-state index is 0.0404. The molecule has 0 fully saturated rings. The molecule has 0 aromatic rings. The van der Waals surface area contributed by atoms with Crippen LogP contribution in [0.4, 0.5) is 0 Å². The molecule has 0 saturated carbocycles. The minimum atomic E-state index is -4.41. The van der Waals surface area contributed by atoms with Gasteiger partial charge in [-0.3, -0.25) is 18.6 Å². The number of allylic oxidation sites excluding steroid dienone is 24. The average molecular weight is 1030 g/mol. The monoisotopic (exact) mass is 1030 g/mol. The van der Waals surface area contributed by atoms with Gasteiger partial charge in [0.05, 0.1) is 13.2 Å². The highest BCUT2D eigenvalue weighted by Gasteiger charge is 2.26. The van der Waals surface area contributed by atoms with Gasteiger partial charge in [-0.15, -0.1) is 0 Å². The molecule has 2 unspecified atom stereocenters. The average Bonchev–Trinajstić information content (AvgIpc) is 3.38. The molecular weight excluding hydrogens is 930 g/mol. The van der Waals surface area contributed by atoms with Gasteiger partial charge < -0.3 is 20.1 Å². The molecule has 0 aromatic carbocycles. The topological polar surface area (TPSA) is 134 Å². The van der Waals surface area contributed by atoms with Crippen molar-refractivity contribution in [2.45, 2.75) is 213 Å². The maximum absolute atomic E-state index is 12.7. The molecule has 73 heavy (non-hydrogen) atoms. The Bertz CT molecular complexity index is 1700. The number of unbranched alkanes of at least 4 members (excludes halogenated alkanes) is 14. The Morgan fingerprint density at radius 1 is 0.411 bits per heavy atom. The van der Waals surface area contributed by atoms with Crippen molar-refractivity contribution in [3.05, 3.63) is 146 Å². The lowest BCUT2D eigenvalue weighted by Gasteiger charge is -2.19. The van der Waals surface area contributed by atoms with E-state index >= 15 is 0 Å². The van der Waals surface area contributed by atoms with Crippen molar-refractivity contribution in [2.75, 3.05) is 26.4 Å². The molecule has 0 bridgehead atoms. The summed E-state index contributed by atoms with van der Waals surface area (Å²) >= 11 is 0. The number of nitrogens with two attached hydrogens (primary N) is 1. The Labute approximate surface area is 446 Å². The zero-order valence-corrected chi connectivity index (χ0v) is 46.7. The SMILES string of the molecule is CC/C=C\C/C=C\C/C=C\C/C=C\C/C=C\C/C=C\C/C=C\CCCCCCCC(=O)OC(COC(=O)CCCCCCCCCCC/C=C\C/C=C\C/C=C\C/C=C\C/C=C\CC)COP(=O)(O)OCCN. The minimum Gasteiger partial charge on any atom is -0.462 e. The maximum Gasteiger partial charge on any atom is 0.472 e. The highest BCUT2D eigenvalue weighted by molar-refractivity contribution is 7.47. The van der Waals surface area contributed by atoms with Crippen LogP contribution in [0, 0.1) is 0 Å². The summed E-state index contributed by atoms with van der Waals surface area (Å²) in [5, 5.41) is 0. The predicted molar refractivity (Wildman–Crippen MR) is 311 cm³/mol. The van der Waals surface area contributed by atoms with Gasteiger partial charge in [0.15, 0.2) is 6.10 Å². The van der Waals surface area contributed by atoms with Crippen LogP contribution in [-0.4, -0.2) is 49.3 Å².